The zero-order valence-corrected chi connectivity index (χ0v) is 12.1. The van der Waals surface area contributed by atoms with E-state index in [2.05, 4.69) is 48.4 Å². The largest absolute Gasteiger partial charge is 0.338 e. The molecule has 0 saturated carbocycles. The maximum atomic E-state index is 12.2. The summed E-state index contributed by atoms with van der Waals surface area (Å²) < 4.78 is 0. The van der Waals surface area contributed by atoms with Crippen molar-refractivity contribution in [3.05, 3.63) is 40.6 Å². The lowest BCUT2D eigenvalue weighted by Gasteiger charge is -2.17. The van der Waals surface area contributed by atoms with Gasteiger partial charge in [0.1, 0.15) is 0 Å². The standard InChI is InChI=1S/C16H19N3O/c1-9-6-13-15(14(20)7-9)16(19-18-13)17-12-5-4-10(2)11(3)8-12/h4-5,8-9H,6-7H2,1-3H3,(H2,17,18,19). The molecule has 2 N–H and O–H groups in total. The third-order valence-electron chi connectivity index (χ3n) is 3.98. The molecular formula is C16H19N3O. The number of nitrogens with one attached hydrogen (secondary N) is 2. The minimum Gasteiger partial charge on any atom is -0.338 e. The van der Waals surface area contributed by atoms with Gasteiger partial charge in [-0.25, -0.2) is 0 Å². The maximum absolute atomic E-state index is 12.2. The second-order valence-electron chi connectivity index (χ2n) is 5.79. The first-order chi connectivity index (χ1) is 9.54. The van der Waals surface area contributed by atoms with Crippen molar-refractivity contribution in [1.82, 2.24) is 10.2 Å². The Morgan fingerprint density at radius 3 is 2.80 bits per heavy atom. The summed E-state index contributed by atoms with van der Waals surface area (Å²) in [6, 6.07) is 6.16. The molecule has 1 aliphatic carbocycles. The van der Waals surface area contributed by atoms with Gasteiger partial charge in [-0.3, -0.25) is 9.89 Å². The van der Waals surface area contributed by atoms with E-state index in [4.69, 9.17) is 0 Å². The molecule has 3 rings (SSSR count). The van der Waals surface area contributed by atoms with Crippen LogP contribution in [-0.2, 0) is 6.42 Å². The number of hydrogen-bond acceptors (Lipinski definition) is 3. The number of aryl methyl sites for hydroxylation is 2. The number of ketones is 1. The predicted octanol–water partition coefficient (Wildman–Crippen LogP) is 3.54. The summed E-state index contributed by atoms with van der Waals surface area (Å²) in [4.78, 5) is 12.2. The molecule has 1 unspecified atom stereocenters. The van der Waals surface area contributed by atoms with Crippen LogP contribution in [0.15, 0.2) is 18.2 Å². The molecule has 1 heterocycles. The quantitative estimate of drug-likeness (QED) is 0.876. The maximum Gasteiger partial charge on any atom is 0.168 e. The highest BCUT2D eigenvalue weighted by Crippen LogP contribution is 2.30. The fourth-order valence-electron chi connectivity index (χ4n) is 2.71. The summed E-state index contributed by atoms with van der Waals surface area (Å²) in [5.74, 6) is 1.23. The van der Waals surface area contributed by atoms with Gasteiger partial charge in [0.25, 0.3) is 0 Å². The number of benzene rings is 1. The van der Waals surface area contributed by atoms with Gasteiger partial charge in [-0.15, -0.1) is 0 Å². The first-order valence-corrected chi connectivity index (χ1v) is 6.99. The number of aromatic nitrogens is 2. The summed E-state index contributed by atoms with van der Waals surface area (Å²) in [6.45, 7) is 6.26. The fraction of sp³-hybridized carbons (Fsp3) is 0.375. The van der Waals surface area contributed by atoms with Crippen molar-refractivity contribution in [1.29, 1.82) is 0 Å². The van der Waals surface area contributed by atoms with Crippen molar-refractivity contribution in [2.75, 3.05) is 5.32 Å². The lowest BCUT2D eigenvalue weighted by molar-refractivity contribution is 0.0954. The van der Waals surface area contributed by atoms with Crippen LogP contribution in [0.2, 0.25) is 0 Å². The Bertz CT molecular complexity index is 672. The van der Waals surface area contributed by atoms with Crippen molar-refractivity contribution in [2.45, 2.75) is 33.6 Å². The van der Waals surface area contributed by atoms with Crippen LogP contribution in [0.5, 0.6) is 0 Å². The predicted molar refractivity (Wildman–Crippen MR) is 79.6 cm³/mol. The summed E-state index contributed by atoms with van der Waals surface area (Å²) >= 11 is 0. The fourth-order valence-corrected chi connectivity index (χ4v) is 2.71. The van der Waals surface area contributed by atoms with Crippen LogP contribution in [0, 0.1) is 19.8 Å². The van der Waals surface area contributed by atoms with Gasteiger partial charge in [-0.2, -0.15) is 5.10 Å². The van der Waals surface area contributed by atoms with Crippen molar-refractivity contribution in [3.8, 4) is 0 Å². The number of aromatic amines is 1. The normalized spacial score (nSPS) is 17.9. The van der Waals surface area contributed by atoms with E-state index in [1.165, 1.54) is 11.1 Å². The molecule has 0 fully saturated rings. The summed E-state index contributed by atoms with van der Waals surface area (Å²) in [7, 11) is 0. The molecular weight excluding hydrogens is 250 g/mol. The molecule has 4 heteroatoms. The van der Waals surface area contributed by atoms with Gasteiger partial charge in [0.15, 0.2) is 11.6 Å². The first-order valence-electron chi connectivity index (χ1n) is 6.99. The third-order valence-corrected chi connectivity index (χ3v) is 3.98. The molecule has 1 atom stereocenters. The van der Waals surface area contributed by atoms with Crippen LogP contribution in [0.1, 0.15) is 40.5 Å². The van der Waals surface area contributed by atoms with Crippen LogP contribution in [0.3, 0.4) is 0 Å². The van der Waals surface area contributed by atoms with Crippen LogP contribution in [0.25, 0.3) is 0 Å². The molecule has 104 valence electrons. The number of carbonyl (C=O) groups is 1. The molecule has 2 aromatic rings. The molecule has 0 bridgehead atoms. The lowest BCUT2D eigenvalue weighted by atomic mass is 9.88. The summed E-state index contributed by atoms with van der Waals surface area (Å²) in [6.07, 6.45) is 1.50. The van der Waals surface area contributed by atoms with Gasteiger partial charge in [0.2, 0.25) is 0 Å². The summed E-state index contributed by atoms with van der Waals surface area (Å²) in [5.41, 5.74) is 5.14. The molecule has 1 aromatic heterocycles. The topological polar surface area (TPSA) is 57.8 Å². The van der Waals surface area contributed by atoms with E-state index in [1.54, 1.807) is 0 Å². The Kier molecular flexibility index (Phi) is 3.08. The first kappa shape index (κ1) is 12.9. The smallest absolute Gasteiger partial charge is 0.168 e. The number of nitrogens with zero attached hydrogens (tertiary/aromatic N) is 1. The Balaban J connectivity index is 1.92. The Hall–Kier alpha value is -2.10. The molecule has 0 radical (unpaired) electrons. The van der Waals surface area contributed by atoms with Crippen LogP contribution in [0.4, 0.5) is 11.5 Å². The van der Waals surface area contributed by atoms with E-state index in [0.717, 1.165) is 23.4 Å². The Morgan fingerprint density at radius 1 is 1.25 bits per heavy atom. The average molecular weight is 269 g/mol. The van der Waals surface area contributed by atoms with E-state index in [9.17, 15) is 4.79 Å². The van der Waals surface area contributed by atoms with Gasteiger partial charge in [0.05, 0.1) is 5.56 Å². The van der Waals surface area contributed by atoms with Gasteiger partial charge >= 0.3 is 0 Å². The minimum absolute atomic E-state index is 0.179. The van der Waals surface area contributed by atoms with Crippen molar-refractivity contribution in [3.63, 3.8) is 0 Å². The van der Waals surface area contributed by atoms with E-state index in [1.807, 2.05) is 6.07 Å². The van der Waals surface area contributed by atoms with Crippen LogP contribution in [-0.4, -0.2) is 16.0 Å². The number of carbonyl (C=O) groups excluding carboxylic acids is 1. The third kappa shape index (κ3) is 2.22. The molecule has 1 aromatic carbocycles. The van der Waals surface area contributed by atoms with E-state index < -0.39 is 0 Å². The van der Waals surface area contributed by atoms with Crippen molar-refractivity contribution < 1.29 is 4.79 Å². The molecule has 0 aliphatic heterocycles. The number of rotatable bonds is 2. The molecule has 20 heavy (non-hydrogen) atoms. The minimum atomic E-state index is 0.179. The number of Topliss-reactive ketones (excluding diaryl/α,β-unsaturated/α-hetero) is 1. The highest BCUT2D eigenvalue weighted by atomic mass is 16.1. The second kappa shape index (κ2) is 4.78. The number of H-pyrrole nitrogens is 1. The van der Waals surface area contributed by atoms with Crippen LogP contribution < -0.4 is 5.32 Å². The molecule has 0 spiro atoms. The van der Waals surface area contributed by atoms with Gasteiger partial charge in [-0.1, -0.05) is 13.0 Å². The number of hydrogen-bond donors (Lipinski definition) is 2. The zero-order valence-electron chi connectivity index (χ0n) is 12.1. The summed E-state index contributed by atoms with van der Waals surface area (Å²) in [5, 5.41) is 10.5. The SMILES string of the molecule is Cc1ccc(Nc2n[nH]c3c2C(=O)CC(C)C3)cc1C. The molecule has 0 saturated heterocycles. The van der Waals surface area contributed by atoms with E-state index in [0.29, 0.717) is 18.2 Å². The second-order valence-corrected chi connectivity index (χ2v) is 5.79. The average Bonchev–Trinajstić information content (AvgIpc) is 2.77. The van der Waals surface area contributed by atoms with E-state index >= 15 is 0 Å². The Morgan fingerprint density at radius 2 is 2.05 bits per heavy atom. The monoisotopic (exact) mass is 269 g/mol. The Labute approximate surface area is 118 Å². The zero-order chi connectivity index (χ0) is 14.3. The van der Waals surface area contributed by atoms with Gasteiger partial charge in [0, 0.05) is 17.8 Å². The molecule has 1 aliphatic rings. The van der Waals surface area contributed by atoms with E-state index in [-0.39, 0.29) is 5.78 Å². The van der Waals surface area contributed by atoms with Gasteiger partial charge in [-0.05, 0) is 49.4 Å². The van der Waals surface area contributed by atoms with Crippen molar-refractivity contribution in [2.24, 2.45) is 5.92 Å². The van der Waals surface area contributed by atoms with Crippen LogP contribution >= 0.6 is 0 Å². The number of anilines is 2. The van der Waals surface area contributed by atoms with Gasteiger partial charge < -0.3 is 5.32 Å². The molecule has 0 amide bonds. The highest BCUT2D eigenvalue weighted by Gasteiger charge is 2.27. The number of fused-ring (bicyclic) bond motifs is 1. The lowest BCUT2D eigenvalue weighted by Crippen LogP contribution is -2.17. The van der Waals surface area contributed by atoms with Crippen molar-refractivity contribution >= 4 is 17.3 Å². The molecule has 4 nitrogen and oxygen atoms in total. The highest BCUT2D eigenvalue weighted by molar-refractivity contribution is 6.03.